The molecule has 2 N–H and O–H groups in total. The molecule has 188 valence electrons. The lowest BCUT2D eigenvalue weighted by molar-refractivity contribution is -0.166. The van der Waals surface area contributed by atoms with Gasteiger partial charge in [-0.1, -0.05) is 19.6 Å². The molecule has 2 rings (SSSR count). The molecule has 0 unspecified atom stereocenters. The molecule has 11 nitrogen and oxygen atoms in total. The average molecular weight is 489 g/mol. The first-order chi connectivity index (χ1) is 15.2. The zero-order chi connectivity index (χ0) is 25.0. The minimum Gasteiger partial charge on any atom is -0.458 e. The van der Waals surface area contributed by atoms with E-state index >= 15 is 0 Å². The largest absolute Gasteiger partial charge is 0.458 e. The van der Waals surface area contributed by atoms with E-state index in [1.807, 2.05) is 0 Å². The lowest BCUT2D eigenvalue weighted by atomic mass is 10.1. The summed E-state index contributed by atoms with van der Waals surface area (Å²) in [7, 11) is -1.34. The Hall–Kier alpha value is -1.83. The summed E-state index contributed by atoms with van der Waals surface area (Å²) in [5.41, 5.74) is -2.00. The third-order valence-electron chi connectivity index (χ3n) is 4.89. The van der Waals surface area contributed by atoms with Gasteiger partial charge in [0.05, 0.1) is 6.61 Å². The zero-order valence-electron chi connectivity index (χ0n) is 20.1. The molecule has 0 bridgehead atoms. The molecular weight excluding hydrogens is 452 g/mol. The first kappa shape index (κ1) is 27.4. The van der Waals surface area contributed by atoms with Gasteiger partial charge in [-0.15, -0.1) is 0 Å². The number of aliphatic hydroxyl groups excluding tert-OH is 2. The highest BCUT2D eigenvalue weighted by molar-refractivity contribution is 6.76. The summed E-state index contributed by atoms with van der Waals surface area (Å²) in [5.74, 6) is -0.658. The van der Waals surface area contributed by atoms with Crippen LogP contribution in [0.2, 0.25) is 25.7 Å². The predicted octanol–water partition coefficient (Wildman–Crippen LogP) is 0.300. The number of nitrogens with zero attached hydrogens (tertiary/aromatic N) is 2. The van der Waals surface area contributed by atoms with Gasteiger partial charge in [0.15, 0.2) is 6.23 Å². The molecule has 0 spiro atoms. The van der Waals surface area contributed by atoms with E-state index in [-0.39, 0.29) is 6.73 Å². The Kier molecular flexibility index (Phi) is 9.19. The molecular formula is C21H36N2O9Si. The van der Waals surface area contributed by atoms with Crippen LogP contribution in [-0.2, 0) is 30.5 Å². The summed E-state index contributed by atoms with van der Waals surface area (Å²) >= 11 is 0. The van der Waals surface area contributed by atoms with Crippen LogP contribution in [0.25, 0.3) is 0 Å². The first-order valence-corrected chi connectivity index (χ1v) is 14.6. The van der Waals surface area contributed by atoms with Gasteiger partial charge in [0.1, 0.15) is 37.3 Å². The maximum Gasteiger partial charge on any atom is 0.335 e. The second-order valence-corrected chi connectivity index (χ2v) is 15.8. The first-order valence-electron chi connectivity index (χ1n) is 10.9. The molecule has 2 heterocycles. The Bertz CT molecular complexity index is 916. The van der Waals surface area contributed by atoms with Crippen LogP contribution >= 0.6 is 0 Å². The van der Waals surface area contributed by atoms with Gasteiger partial charge in [-0.05, 0) is 26.8 Å². The van der Waals surface area contributed by atoms with E-state index in [1.165, 1.54) is 12.3 Å². The molecule has 0 saturated carbocycles. The van der Waals surface area contributed by atoms with Crippen molar-refractivity contribution in [1.82, 2.24) is 9.13 Å². The van der Waals surface area contributed by atoms with Gasteiger partial charge in [0, 0.05) is 26.9 Å². The highest BCUT2D eigenvalue weighted by Gasteiger charge is 2.46. The summed E-state index contributed by atoms with van der Waals surface area (Å²) in [6.07, 6.45) is -3.47. The highest BCUT2D eigenvalue weighted by atomic mass is 28.3. The molecule has 0 amide bonds. The third-order valence-corrected chi connectivity index (χ3v) is 6.60. The van der Waals surface area contributed by atoms with Crippen molar-refractivity contribution in [3.63, 3.8) is 0 Å². The number of aliphatic hydroxyl groups is 2. The van der Waals surface area contributed by atoms with Crippen LogP contribution in [0.4, 0.5) is 0 Å². The van der Waals surface area contributed by atoms with Crippen LogP contribution in [0.1, 0.15) is 27.0 Å². The number of carbonyl (C=O) groups is 1. The Morgan fingerprint density at radius 2 is 1.91 bits per heavy atom. The number of rotatable bonds is 10. The maximum absolute atomic E-state index is 13.0. The monoisotopic (exact) mass is 488 g/mol. The van der Waals surface area contributed by atoms with E-state index in [0.29, 0.717) is 6.61 Å². The molecule has 1 fully saturated rings. The topological polar surface area (TPSA) is 138 Å². The standard InChI is InChI=1S/C21H36N2O9Si/c1-21(2,3)32-16(26)12-30-18-17(27)14(11-24)31-19(18)22-8-7-15(25)23(20(22)28)13-29-9-10-33(4,5)6/h7-8,14,17-19,24,27H,9-13H2,1-6H3/t14-,17-,18-,19-/m1/s1. The highest BCUT2D eigenvalue weighted by Crippen LogP contribution is 2.30. The fourth-order valence-electron chi connectivity index (χ4n) is 3.19. The van der Waals surface area contributed by atoms with Crippen molar-refractivity contribution in [1.29, 1.82) is 0 Å². The molecule has 1 aromatic heterocycles. The van der Waals surface area contributed by atoms with Gasteiger partial charge in [0.25, 0.3) is 5.56 Å². The zero-order valence-corrected chi connectivity index (χ0v) is 21.1. The van der Waals surface area contributed by atoms with Gasteiger partial charge < -0.3 is 29.2 Å². The second-order valence-electron chi connectivity index (χ2n) is 10.2. The molecule has 12 heteroatoms. The van der Waals surface area contributed by atoms with Gasteiger partial charge in [-0.3, -0.25) is 9.36 Å². The number of ether oxygens (including phenoxy) is 4. The molecule has 0 radical (unpaired) electrons. The van der Waals surface area contributed by atoms with Gasteiger partial charge in [-0.25, -0.2) is 14.2 Å². The summed E-state index contributed by atoms with van der Waals surface area (Å²) in [6, 6.07) is 2.05. The van der Waals surface area contributed by atoms with Gasteiger partial charge in [0.2, 0.25) is 0 Å². The number of hydrogen-bond acceptors (Lipinski definition) is 9. The fraction of sp³-hybridized carbons (Fsp3) is 0.762. The molecule has 1 aromatic rings. The average Bonchev–Trinajstić information content (AvgIpc) is 2.99. The van der Waals surface area contributed by atoms with Crippen LogP contribution in [-0.4, -0.2) is 77.1 Å². The summed E-state index contributed by atoms with van der Waals surface area (Å²) < 4.78 is 23.9. The van der Waals surface area contributed by atoms with Crippen LogP contribution in [0, 0.1) is 0 Å². The van der Waals surface area contributed by atoms with Crippen molar-refractivity contribution in [3.8, 4) is 0 Å². The van der Waals surface area contributed by atoms with Crippen LogP contribution in [0.5, 0.6) is 0 Å². The van der Waals surface area contributed by atoms with Crippen molar-refractivity contribution in [2.75, 3.05) is 19.8 Å². The second kappa shape index (κ2) is 11.1. The van der Waals surface area contributed by atoms with E-state index in [9.17, 15) is 24.6 Å². The van der Waals surface area contributed by atoms with Crippen molar-refractivity contribution < 1.29 is 34.0 Å². The number of carbonyl (C=O) groups excluding carboxylic acids is 1. The van der Waals surface area contributed by atoms with Crippen molar-refractivity contribution in [2.45, 2.75) is 83.3 Å². The molecule has 1 saturated heterocycles. The van der Waals surface area contributed by atoms with Crippen molar-refractivity contribution in [3.05, 3.63) is 33.1 Å². The lowest BCUT2D eigenvalue weighted by Gasteiger charge is -2.24. The number of hydrogen-bond donors (Lipinski definition) is 2. The van der Waals surface area contributed by atoms with Crippen LogP contribution in [0.3, 0.4) is 0 Å². The SMILES string of the molecule is CC(C)(C)OC(=O)CO[C@@H]1[C@H](O)[C@@H](CO)O[C@H]1n1ccc(=O)n(COCC[Si](C)(C)C)c1=O. The minimum atomic E-state index is -1.34. The Labute approximate surface area is 193 Å². The summed E-state index contributed by atoms with van der Waals surface area (Å²) in [5, 5.41) is 20.1. The molecule has 0 aromatic carbocycles. The molecule has 4 atom stereocenters. The third kappa shape index (κ3) is 7.86. The molecule has 1 aliphatic heterocycles. The van der Waals surface area contributed by atoms with Crippen LogP contribution in [0.15, 0.2) is 21.9 Å². The van der Waals surface area contributed by atoms with E-state index in [4.69, 9.17) is 18.9 Å². The van der Waals surface area contributed by atoms with E-state index < -0.39 is 68.6 Å². The van der Waals surface area contributed by atoms with Gasteiger partial charge >= 0.3 is 11.7 Å². The van der Waals surface area contributed by atoms with Crippen LogP contribution < -0.4 is 11.2 Å². The lowest BCUT2D eigenvalue weighted by Crippen LogP contribution is -2.44. The predicted molar refractivity (Wildman–Crippen MR) is 122 cm³/mol. The Morgan fingerprint density at radius 3 is 2.48 bits per heavy atom. The molecule has 33 heavy (non-hydrogen) atoms. The quantitative estimate of drug-likeness (QED) is 0.270. The summed E-state index contributed by atoms with van der Waals surface area (Å²) in [6.45, 7) is 10.9. The van der Waals surface area contributed by atoms with Crippen molar-refractivity contribution >= 4 is 14.0 Å². The molecule has 1 aliphatic rings. The fourth-order valence-corrected chi connectivity index (χ4v) is 3.94. The number of esters is 1. The minimum absolute atomic E-state index is 0.231. The van der Waals surface area contributed by atoms with E-state index in [0.717, 1.165) is 15.2 Å². The smallest absolute Gasteiger partial charge is 0.335 e. The Balaban J connectivity index is 2.21. The van der Waals surface area contributed by atoms with Crippen molar-refractivity contribution in [2.24, 2.45) is 0 Å². The van der Waals surface area contributed by atoms with E-state index in [2.05, 4.69) is 19.6 Å². The summed E-state index contributed by atoms with van der Waals surface area (Å²) in [4.78, 5) is 37.3. The normalized spacial score (nSPS) is 23.6. The van der Waals surface area contributed by atoms with E-state index in [1.54, 1.807) is 20.8 Å². The Morgan fingerprint density at radius 1 is 1.24 bits per heavy atom. The maximum atomic E-state index is 13.0. The van der Waals surface area contributed by atoms with Gasteiger partial charge in [-0.2, -0.15) is 0 Å². The molecule has 0 aliphatic carbocycles. The number of aromatic nitrogens is 2.